The molecule has 4 rings (SSSR count). The van der Waals surface area contributed by atoms with Gasteiger partial charge in [-0.15, -0.1) is 0 Å². The van der Waals surface area contributed by atoms with Gasteiger partial charge in [-0.25, -0.2) is 9.80 Å². The number of likely N-dealkylation sites (N-methyl/N-ethyl adjacent to an activating group) is 1. The van der Waals surface area contributed by atoms with Crippen LogP contribution in [0.3, 0.4) is 0 Å². The summed E-state index contributed by atoms with van der Waals surface area (Å²) in [6, 6.07) is 22.1. The maximum Gasteiger partial charge on any atom is 0.336 e. The molecule has 0 saturated carbocycles. The van der Waals surface area contributed by atoms with Gasteiger partial charge in [0.2, 0.25) is 5.91 Å². The van der Waals surface area contributed by atoms with E-state index in [0.29, 0.717) is 13.2 Å². The topological polar surface area (TPSA) is 103 Å². The number of urea groups is 1. The standard InChI is InChI=1S/C31H37N5O4/c1-3-32-31(39)36(20-23-10-5-4-6-11-23)34-30(38)28(19-24-15-16-25-12-7-8-13-26(25)18-24)35(2)29(37)22-40-21-27-14-9-17-33-27/h4-8,10-16,18,28,33H,3,9,17,19-22H2,1-2H3,(H,32,39)(H,34,38)/t28-/m1/s1. The van der Waals surface area contributed by atoms with Gasteiger partial charge in [0.15, 0.2) is 0 Å². The van der Waals surface area contributed by atoms with Gasteiger partial charge in [-0.05, 0) is 35.2 Å². The molecule has 0 radical (unpaired) electrons. The molecule has 210 valence electrons. The van der Waals surface area contributed by atoms with Gasteiger partial charge in [-0.3, -0.25) is 15.0 Å². The molecule has 0 unspecified atom stereocenters. The second-order valence-electron chi connectivity index (χ2n) is 9.73. The minimum absolute atomic E-state index is 0.166. The van der Waals surface area contributed by atoms with Crippen LogP contribution < -0.4 is 16.1 Å². The summed E-state index contributed by atoms with van der Waals surface area (Å²) in [5.74, 6) is -0.793. The number of amides is 4. The van der Waals surface area contributed by atoms with Crippen LogP contribution in [-0.2, 0) is 27.3 Å². The van der Waals surface area contributed by atoms with Gasteiger partial charge in [0, 0.05) is 32.3 Å². The average Bonchev–Trinajstić information content (AvgIpc) is 3.49. The van der Waals surface area contributed by atoms with Crippen LogP contribution in [0.5, 0.6) is 0 Å². The van der Waals surface area contributed by atoms with Gasteiger partial charge in [-0.1, -0.05) is 78.9 Å². The maximum atomic E-state index is 13.8. The van der Waals surface area contributed by atoms with Crippen LogP contribution in [0, 0.1) is 0 Å². The van der Waals surface area contributed by atoms with Crippen molar-refractivity contribution in [1.29, 1.82) is 0 Å². The maximum absolute atomic E-state index is 13.8. The van der Waals surface area contributed by atoms with Crippen LogP contribution in [0.1, 0.15) is 24.5 Å². The van der Waals surface area contributed by atoms with E-state index >= 15 is 0 Å². The smallest absolute Gasteiger partial charge is 0.336 e. The van der Waals surface area contributed by atoms with E-state index in [1.165, 1.54) is 9.91 Å². The molecule has 0 spiro atoms. The molecule has 0 fully saturated rings. The molecule has 0 bridgehead atoms. The van der Waals surface area contributed by atoms with Crippen molar-refractivity contribution in [2.45, 2.75) is 32.4 Å². The lowest BCUT2D eigenvalue weighted by Gasteiger charge is -2.31. The molecule has 1 heterocycles. The Kier molecular flexibility index (Phi) is 10.1. The lowest BCUT2D eigenvalue weighted by molar-refractivity contribution is -0.143. The molecule has 0 saturated heterocycles. The number of nitrogens with one attached hydrogen (secondary N) is 3. The molecule has 0 aromatic heterocycles. The molecule has 4 amide bonds. The van der Waals surface area contributed by atoms with Crippen molar-refractivity contribution in [2.75, 3.05) is 33.4 Å². The fraction of sp³-hybridized carbons (Fsp3) is 0.323. The Hall–Kier alpha value is -4.37. The number of hydrogen-bond donors (Lipinski definition) is 3. The third-order valence-corrected chi connectivity index (χ3v) is 6.78. The first-order chi connectivity index (χ1) is 19.4. The van der Waals surface area contributed by atoms with E-state index in [0.717, 1.165) is 40.6 Å². The van der Waals surface area contributed by atoms with Gasteiger partial charge in [0.1, 0.15) is 12.6 Å². The molecular weight excluding hydrogens is 506 g/mol. The fourth-order valence-electron chi connectivity index (χ4n) is 4.56. The largest absolute Gasteiger partial charge is 0.386 e. The molecule has 1 atom stereocenters. The minimum Gasteiger partial charge on any atom is -0.386 e. The summed E-state index contributed by atoms with van der Waals surface area (Å²) in [4.78, 5) is 41.2. The van der Waals surface area contributed by atoms with Crippen LogP contribution >= 0.6 is 0 Å². The molecular formula is C31H37N5O4. The number of hydrogen-bond acceptors (Lipinski definition) is 5. The number of ether oxygens (including phenoxy) is 1. The second-order valence-corrected chi connectivity index (χ2v) is 9.73. The van der Waals surface area contributed by atoms with Crippen LogP contribution in [0.15, 0.2) is 84.6 Å². The highest BCUT2D eigenvalue weighted by molar-refractivity contribution is 5.90. The van der Waals surface area contributed by atoms with E-state index in [1.807, 2.05) is 85.8 Å². The highest BCUT2D eigenvalue weighted by atomic mass is 16.5. The van der Waals surface area contributed by atoms with Crippen molar-refractivity contribution < 1.29 is 19.1 Å². The summed E-state index contributed by atoms with van der Waals surface area (Å²) >= 11 is 0. The number of benzene rings is 3. The third kappa shape index (κ3) is 7.83. The van der Waals surface area contributed by atoms with E-state index in [2.05, 4.69) is 16.1 Å². The highest BCUT2D eigenvalue weighted by Gasteiger charge is 2.30. The van der Waals surface area contributed by atoms with E-state index in [9.17, 15) is 14.4 Å². The summed E-state index contributed by atoms with van der Waals surface area (Å²) in [5.41, 5.74) is 5.48. The van der Waals surface area contributed by atoms with Crippen molar-refractivity contribution in [3.63, 3.8) is 0 Å². The van der Waals surface area contributed by atoms with Crippen molar-refractivity contribution in [1.82, 2.24) is 26.0 Å². The molecule has 1 aliphatic heterocycles. The van der Waals surface area contributed by atoms with Gasteiger partial charge in [0.05, 0.1) is 13.2 Å². The monoisotopic (exact) mass is 543 g/mol. The van der Waals surface area contributed by atoms with Crippen molar-refractivity contribution >= 4 is 28.6 Å². The predicted molar refractivity (Wildman–Crippen MR) is 155 cm³/mol. The van der Waals surface area contributed by atoms with Gasteiger partial charge >= 0.3 is 6.03 Å². The number of fused-ring (bicyclic) bond motifs is 1. The number of carbonyl (C=O) groups excluding carboxylic acids is 3. The summed E-state index contributed by atoms with van der Waals surface area (Å²) in [5, 5.41) is 9.34. The van der Waals surface area contributed by atoms with Crippen LogP contribution in [0.25, 0.3) is 10.8 Å². The lowest BCUT2D eigenvalue weighted by Crippen LogP contribution is -2.57. The Morgan fingerprint density at radius 1 is 0.975 bits per heavy atom. The fourth-order valence-corrected chi connectivity index (χ4v) is 4.56. The van der Waals surface area contributed by atoms with E-state index in [4.69, 9.17) is 4.74 Å². The number of hydrazine groups is 1. The predicted octanol–water partition coefficient (Wildman–Crippen LogP) is 3.37. The zero-order chi connectivity index (χ0) is 28.3. The third-order valence-electron chi connectivity index (χ3n) is 6.78. The van der Waals surface area contributed by atoms with Crippen molar-refractivity contribution in [3.05, 3.63) is 95.7 Å². The number of nitrogens with zero attached hydrogens (tertiary/aromatic N) is 2. The molecule has 3 aromatic rings. The van der Waals surface area contributed by atoms with E-state index in [-0.39, 0.29) is 25.5 Å². The molecule has 40 heavy (non-hydrogen) atoms. The SMILES string of the molecule is CCNC(=O)N(Cc1ccccc1)NC(=O)[C@@H](Cc1ccc2ccccc2c1)N(C)C(=O)COCC1=CCCN1. The highest BCUT2D eigenvalue weighted by Crippen LogP contribution is 2.18. The second kappa shape index (κ2) is 14.1. The van der Waals surface area contributed by atoms with Crippen LogP contribution in [-0.4, -0.2) is 67.1 Å². The molecule has 3 aromatic carbocycles. The van der Waals surface area contributed by atoms with Gasteiger partial charge in [0.25, 0.3) is 5.91 Å². The molecule has 9 nitrogen and oxygen atoms in total. The Balaban J connectivity index is 1.53. The van der Waals surface area contributed by atoms with Crippen molar-refractivity contribution in [2.24, 2.45) is 0 Å². The first-order valence-corrected chi connectivity index (χ1v) is 13.6. The summed E-state index contributed by atoms with van der Waals surface area (Å²) in [6.07, 6.45) is 3.25. The van der Waals surface area contributed by atoms with E-state index < -0.39 is 18.0 Å². The first-order valence-electron chi connectivity index (χ1n) is 13.6. The molecule has 9 heteroatoms. The molecule has 3 N–H and O–H groups in total. The minimum atomic E-state index is -0.881. The normalized spacial score (nSPS) is 13.2. The zero-order valence-electron chi connectivity index (χ0n) is 23.1. The summed E-state index contributed by atoms with van der Waals surface area (Å²) in [7, 11) is 1.59. The molecule has 1 aliphatic rings. The first kappa shape index (κ1) is 28.6. The van der Waals surface area contributed by atoms with Crippen LogP contribution in [0.4, 0.5) is 4.79 Å². The Labute approximate surface area is 235 Å². The lowest BCUT2D eigenvalue weighted by atomic mass is 10.0. The summed E-state index contributed by atoms with van der Waals surface area (Å²) in [6.45, 7) is 3.40. The van der Waals surface area contributed by atoms with E-state index in [1.54, 1.807) is 7.05 Å². The quantitative estimate of drug-likeness (QED) is 0.322. The Morgan fingerprint density at radius 3 is 2.45 bits per heavy atom. The Bertz CT molecular complexity index is 1340. The zero-order valence-corrected chi connectivity index (χ0v) is 23.1. The average molecular weight is 544 g/mol. The van der Waals surface area contributed by atoms with Gasteiger partial charge in [-0.2, -0.15) is 0 Å². The summed E-state index contributed by atoms with van der Waals surface area (Å²) < 4.78 is 5.64. The van der Waals surface area contributed by atoms with Crippen molar-refractivity contribution in [3.8, 4) is 0 Å². The van der Waals surface area contributed by atoms with Crippen LogP contribution in [0.2, 0.25) is 0 Å². The van der Waals surface area contributed by atoms with Gasteiger partial charge < -0.3 is 20.3 Å². The Morgan fingerprint density at radius 2 is 1.73 bits per heavy atom. The molecule has 0 aliphatic carbocycles. The number of rotatable bonds is 11. The number of carbonyl (C=O) groups is 3.